The minimum absolute atomic E-state index is 0.0814. The Bertz CT molecular complexity index is 703. The molecule has 0 amide bonds. The minimum Gasteiger partial charge on any atom is -0.295 e. The number of hydrogen-bond donors (Lipinski definition) is 1. The molecule has 1 N–H and O–H groups in total. The summed E-state index contributed by atoms with van der Waals surface area (Å²) in [5.74, 6) is -0.0814. The first kappa shape index (κ1) is 12.9. The van der Waals surface area contributed by atoms with Gasteiger partial charge in [-0.3, -0.25) is 9.35 Å². The van der Waals surface area contributed by atoms with E-state index in [4.69, 9.17) is 4.55 Å². The number of Topliss-reactive ketones (excluding diaryl/α,β-unsaturated/α-hetero) is 1. The van der Waals surface area contributed by atoms with Crippen LogP contribution in [0.4, 0.5) is 0 Å². The van der Waals surface area contributed by atoms with Crippen LogP contribution in [0.2, 0.25) is 0 Å². The van der Waals surface area contributed by atoms with Gasteiger partial charge in [-0.15, -0.1) is 11.3 Å². The van der Waals surface area contributed by atoms with Crippen molar-refractivity contribution in [3.63, 3.8) is 0 Å². The molecule has 18 heavy (non-hydrogen) atoms. The highest BCUT2D eigenvalue weighted by atomic mass is 32.3. The van der Waals surface area contributed by atoms with Crippen LogP contribution in [0.15, 0.2) is 34.0 Å². The molecule has 1 heterocycles. The second kappa shape index (κ2) is 4.60. The van der Waals surface area contributed by atoms with E-state index >= 15 is 0 Å². The summed E-state index contributed by atoms with van der Waals surface area (Å²) in [5, 5.41) is 1.52. The van der Waals surface area contributed by atoms with Crippen LogP contribution < -0.4 is 0 Å². The molecule has 0 bridgehead atoms. The largest absolute Gasteiger partial charge is 0.322 e. The molecule has 1 aromatic heterocycles. The summed E-state index contributed by atoms with van der Waals surface area (Å²) in [4.78, 5) is 15.1. The predicted molar refractivity (Wildman–Crippen MR) is 67.4 cm³/mol. The van der Waals surface area contributed by atoms with Gasteiger partial charge >= 0.3 is 10.1 Å². The quantitative estimate of drug-likeness (QED) is 0.690. The molecule has 2 aromatic rings. The normalized spacial score (nSPS) is 11.4. The molecule has 1 aromatic carbocycles. The van der Waals surface area contributed by atoms with E-state index in [2.05, 4.69) is 4.98 Å². The summed E-state index contributed by atoms with van der Waals surface area (Å²) in [6.45, 7) is 1.45. The Morgan fingerprint density at radius 2 is 2.11 bits per heavy atom. The van der Waals surface area contributed by atoms with Crippen molar-refractivity contribution in [2.75, 3.05) is 0 Å². The van der Waals surface area contributed by atoms with E-state index < -0.39 is 10.1 Å². The van der Waals surface area contributed by atoms with Gasteiger partial charge in [0.05, 0.1) is 5.69 Å². The number of hydrogen-bond acceptors (Lipinski definition) is 5. The van der Waals surface area contributed by atoms with Crippen molar-refractivity contribution in [3.8, 4) is 11.3 Å². The summed E-state index contributed by atoms with van der Waals surface area (Å²) in [6.07, 6.45) is 0. The SMILES string of the molecule is CC(=O)c1cccc(-c2csc(S(=O)(=O)O)n2)c1. The van der Waals surface area contributed by atoms with Crippen LogP contribution in [-0.4, -0.2) is 23.7 Å². The second-order valence-corrected chi connectivity index (χ2v) is 6.06. The van der Waals surface area contributed by atoms with E-state index in [9.17, 15) is 13.2 Å². The van der Waals surface area contributed by atoms with Crippen molar-refractivity contribution < 1.29 is 17.8 Å². The van der Waals surface area contributed by atoms with Gasteiger partial charge in [0.15, 0.2) is 5.78 Å². The number of nitrogens with zero attached hydrogens (tertiary/aromatic N) is 1. The first-order chi connectivity index (χ1) is 8.38. The van der Waals surface area contributed by atoms with Crippen LogP contribution >= 0.6 is 11.3 Å². The van der Waals surface area contributed by atoms with Gasteiger partial charge in [-0.05, 0) is 13.0 Å². The Hall–Kier alpha value is -1.57. The van der Waals surface area contributed by atoms with E-state index in [-0.39, 0.29) is 10.1 Å². The van der Waals surface area contributed by atoms with E-state index in [0.717, 1.165) is 11.3 Å². The molecule has 0 atom stereocenters. The van der Waals surface area contributed by atoms with Gasteiger partial charge in [0.25, 0.3) is 0 Å². The molecule has 0 aliphatic rings. The van der Waals surface area contributed by atoms with Crippen molar-refractivity contribution in [1.29, 1.82) is 0 Å². The van der Waals surface area contributed by atoms with Gasteiger partial charge in [0.2, 0.25) is 4.34 Å². The van der Waals surface area contributed by atoms with Gasteiger partial charge in [0, 0.05) is 16.5 Å². The fourth-order valence-corrected chi connectivity index (χ4v) is 2.80. The first-order valence-electron chi connectivity index (χ1n) is 4.92. The molecule has 5 nitrogen and oxygen atoms in total. The van der Waals surface area contributed by atoms with E-state index in [0.29, 0.717) is 16.8 Å². The Labute approximate surface area is 108 Å². The van der Waals surface area contributed by atoms with Gasteiger partial charge in [-0.2, -0.15) is 8.42 Å². The molecule has 0 saturated heterocycles. The lowest BCUT2D eigenvalue weighted by Gasteiger charge is -1.99. The van der Waals surface area contributed by atoms with Crippen molar-refractivity contribution in [1.82, 2.24) is 4.98 Å². The Balaban J connectivity index is 2.46. The average Bonchev–Trinajstić information content (AvgIpc) is 2.78. The van der Waals surface area contributed by atoms with Crippen LogP contribution in [0.3, 0.4) is 0 Å². The molecule has 0 aliphatic carbocycles. The third-order valence-corrected chi connectivity index (χ3v) is 4.36. The third kappa shape index (κ3) is 2.63. The van der Waals surface area contributed by atoms with E-state index in [1.807, 2.05) is 0 Å². The molecular formula is C11H9NO4S2. The first-order valence-corrected chi connectivity index (χ1v) is 7.24. The van der Waals surface area contributed by atoms with Crippen LogP contribution in [0, 0.1) is 0 Å². The lowest BCUT2D eigenvalue weighted by atomic mass is 10.1. The number of carbonyl (C=O) groups excluding carboxylic acids is 1. The van der Waals surface area contributed by atoms with E-state index in [1.54, 1.807) is 24.3 Å². The minimum atomic E-state index is -4.28. The summed E-state index contributed by atoms with van der Waals surface area (Å²) >= 11 is 0.832. The molecule has 0 aliphatic heterocycles. The zero-order valence-electron chi connectivity index (χ0n) is 9.32. The number of benzene rings is 1. The summed E-state index contributed by atoms with van der Waals surface area (Å²) in [6, 6.07) is 6.71. The highest BCUT2D eigenvalue weighted by Crippen LogP contribution is 2.25. The third-order valence-electron chi connectivity index (χ3n) is 2.27. The fourth-order valence-electron chi connectivity index (χ4n) is 1.41. The molecule has 2 rings (SSSR count). The van der Waals surface area contributed by atoms with Crippen molar-refractivity contribution >= 4 is 27.2 Å². The van der Waals surface area contributed by atoms with E-state index in [1.165, 1.54) is 12.3 Å². The molecule has 0 fully saturated rings. The van der Waals surface area contributed by atoms with Crippen molar-refractivity contribution in [3.05, 3.63) is 35.2 Å². The van der Waals surface area contributed by atoms with Crippen LogP contribution in [0.25, 0.3) is 11.3 Å². The predicted octanol–water partition coefficient (Wildman–Crippen LogP) is 2.26. The Morgan fingerprint density at radius 1 is 1.39 bits per heavy atom. The topological polar surface area (TPSA) is 84.3 Å². The number of thiazole rings is 1. The standard InChI is InChI=1S/C11H9NO4S2/c1-7(13)8-3-2-4-9(5-8)10-6-17-11(12-10)18(14,15)16/h2-6H,1H3,(H,14,15,16). The average molecular weight is 283 g/mol. The lowest BCUT2D eigenvalue weighted by Crippen LogP contribution is -1.97. The highest BCUT2D eigenvalue weighted by Gasteiger charge is 2.15. The number of rotatable bonds is 3. The second-order valence-electron chi connectivity index (χ2n) is 3.61. The summed E-state index contributed by atoms with van der Waals surface area (Å²) < 4.78 is 30.3. The smallest absolute Gasteiger partial charge is 0.295 e. The maximum atomic E-state index is 11.2. The van der Waals surface area contributed by atoms with Gasteiger partial charge in [-0.25, -0.2) is 4.98 Å². The van der Waals surface area contributed by atoms with Crippen LogP contribution in [0.1, 0.15) is 17.3 Å². The number of aromatic nitrogens is 1. The number of ketones is 1. The fraction of sp³-hybridized carbons (Fsp3) is 0.0909. The Kier molecular flexibility index (Phi) is 3.29. The van der Waals surface area contributed by atoms with Gasteiger partial charge in [-0.1, -0.05) is 18.2 Å². The number of carbonyl (C=O) groups is 1. The lowest BCUT2D eigenvalue weighted by molar-refractivity contribution is 0.101. The molecule has 0 radical (unpaired) electrons. The zero-order valence-corrected chi connectivity index (χ0v) is 11.0. The van der Waals surface area contributed by atoms with Crippen molar-refractivity contribution in [2.24, 2.45) is 0 Å². The Morgan fingerprint density at radius 3 is 2.67 bits per heavy atom. The highest BCUT2D eigenvalue weighted by molar-refractivity contribution is 7.87. The van der Waals surface area contributed by atoms with Gasteiger partial charge in [0.1, 0.15) is 0 Å². The molecule has 94 valence electrons. The van der Waals surface area contributed by atoms with Crippen LogP contribution in [-0.2, 0) is 10.1 Å². The summed E-state index contributed by atoms with van der Waals surface area (Å²) in [5.41, 5.74) is 1.57. The summed E-state index contributed by atoms with van der Waals surface area (Å²) in [7, 11) is -4.28. The zero-order chi connectivity index (χ0) is 13.3. The monoisotopic (exact) mass is 283 g/mol. The molecular weight excluding hydrogens is 274 g/mol. The maximum absolute atomic E-state index is 11.2. The molecule has 0 spiro atoms. The molecule has 0 unspecified atom stereocenters. The molecule has 7 heteroatoms. The van der Waals surface area contributed by atoms with Crippen molar-refractivity contribution in [2.45, 2.75) is 11.3 Å². The molecule has 0 saturated carbocycles. The maximum Gasteiger partial charge on any atom is 0.322 e. The van der Waals surface area contributed by atoms with Crippen LogP contribution in [0.5, 0.6) is 0 Å². The van der Waals surface area contributed by atoms with Gasteiger partial charge < -0.3 is 0 Å².